The zero-order valence-corrected chi connectivity index (χ0v) is 20.4. The third-order valence-corrected chi connectivity index (χ3v) is 7.24. The highest BCUT2D eigenvalue weighted by molar-refractivity contribution is 6.42. The van der Waals surface area contributed by atoms with E-state index in [1.165, 1.54) is 6.07 Å². The number of amides is 2. The van der Waals surface area contributed by atoms with Crippen LogP contribution in [0.5, 0.6) is 0 Å². The van der Waals surface area contributed by atoms with Crippen molar-refractivity contribution < 1.29 is 14.3 Å². The molecule has 1 aromatic heterocycles. The normalized spacial score (nSPS) is 18.7. The maximum absolute atomic E-state index is 13.8. The molecule has 1 unspecified atom stereocenters. The van der Waals surface area contributed by atoms with Gasteiger partial charge < -0.3 is 24.4 Å². The third-order valence-electron chi connectivity index (χ3n) is 6.50. The lowest BCUT2D eigenvalue weighted by molar-refractivity contribution is -0.140. The van der Waals surface area contributed by atoms with E-state index in [1.807, 2.05) is 17.0 Å². The van der Waals surface area contributed by atoms with Crippen molar-refractivity contribution in [3.8, 4) is 0 Å². The van der Waals surface area contributed by atoms with Crippen LogP contribution < -0.4 is 10.5 Å². The van der Waals surface area contributed by atoms with Crippen LogP contribution >= 0.6 is 23.2 Å². The Morgan fingerprint density at radius 1 is 0.943 bits per heavy atom. The van der Waals surface area contributed by atoms with Crippen LogP contribution in [0.1, 0.15) is 10.4 Å². The van der Waals surface area contributed by atoms with Crippen LogP contribution in [0.15, 0.2) is 53.3 Å². The summed E-state index contributed by atoms with van der Waals surface area (Å²) in [6.45, 7) is 2.96. The van der Waals surface area contributed by atoms with Gasteiger partial charge >= 0.3 is 0 Å². The number of hydrogen-bond donors (Lipinski definition) is 1. The molecule has 5 rings (SSSR count). The highest BCUT2D eigenvalue weighted by atomic mass is 35.5. The van der Waals surface area contributed by atoms with Gasteiger partial charge in [0.15, 0.2) is 0 Å². The molecule has 2 aromatic carbocycles. The molecule has 182 valence electrons. The van der Waals surface area contributed by atoms with Crippen molar-refractivity contribution in [2.45, 2.75) is 6.04 Å². The van der Waals surface area contributed by atoms with Crippen LogP contribution in [0.2, 0.25) is 10.0 Å². The topological polar surface area (TPSA) is 86.0 Å². The highest BCUT2D eigenvalue weighted by Crippen LogP contribution is 2.29. The molecule has 0 spiro atoms. The van der Waals surface area contributed by atoms with Crippen molar-refractivity contribution in [2.75, 3.05) is 50.8 Å². The third kappa shape index (κ3) is 4.74. The Bertz CT molecular complexity index is 1340. The van der Waals surface area contributed by atoms with Crippen LogP contribution in [0.3, 0.4) is 0 Å². The number of anilines is 1. The Balaban J connectivity index is 1.50. The lowest BCUT2D eigenvalue weighted by Gasteiger charge is -2.43. The van der Waals surface area contributed by atoms with Gasteiger partial charge in [-0.05, 0) is 24.3 Å². The number of carbonyl (C=O) groups is 2. The number of aromatic nitrogens is 1. The summed E-state index contributed by atoms with van der Waals surface area (Å²) in [6.07, 6.45) is 0. The Morgan fingerprint density at radius 2 is 1.71 bits per heavy atom. The molecule has 0 aliphatic carbocycles. The van der Waals surface area contributed by atoms with Gasteiger partial charge in [0.2, 0.25) is 11.5 Å². The first kappa shape index (κ1) is 23.7. The molecule has 0 saturated carbocycles. The van der Waals surface area contributed by atoms with Gasteiger partial charge in [-0.1, -0.05) is 41.4 Å². The van der Waals surface area contributed by atoms with E-state index in [-0.39, 0.29) is 22.9 Å². The van der Waals surface area contributed by atoms with E-state index in [2.05, 4.69) is 4.98 Å². The van der Waals surface area contributed by atoms with Crippen molar-refractivity contribution in [1.82, 2.24) is 14.8 Å². The van der Waals surface area contributed by atoms with Gasteiger partial charge in [0, 0.05) is 55.4 Å². The minimum Gasteiger partial charge on any atom is -0.378 e. The molecule has 2 aliphatic rings. The number of carbonyl (C=O) groups excluding carboxylic acids is 2. The van der Waals surface area contributed by atoms with Gasteiger partial charge in [0.1, 0.15) is 6.04 Å². The quantitative estimate of drug-likeness (QED) is 0.580. The number of fused-ring (bicyclic) bond motifs is 1. The number of morpholine rings is 1. The maximum atomic E-state index is 13.8. The Hall–Kier alpha value is -3.07. The average Bonchev–Trinajstić information content (AvgIpc) is 2.89. The second kappa shape index (κ2) is 9.89. The zero-order valence-electron chi connectivity index (χ0n) is 18.9. The van der Waals surface area contributed by atoms with E-state index in [0.29, 0.717) is 66.9 Å². The number of rotatable bonds is 3. The smallest absolute Gasteiger partial charge is 0.255 e. The van der Waals surface area contributed by atoms with Crippen molar-refractivity contribution in [2.24, 2.45) is 0 Å². The standard InChI is InChI=1S/C25H24Cl2N4O4/c26-19-6-5-16(13-20(19)27)30-7-8-31(22(15-30)25(34)29-9-11-35-12-10-29)24(33)18-14-23(32)28-21-4-2-1-3-17(18)21/h1-6,13-14,22H,7-12,15H2,(H,28,32). The van der Waals surface area contributed by atoms with Crippen molar-refractivity contribution in [3.05, 3.63) is 74.5 Å². The average molecular weight is 515 g/mol. The largest absolute Gasteiger partial charge is 0.378 e. The fourth-order valence-electron chi connectivity index (χ4n) is 4.68. The summed E-state index contributed by atoms with van der Waals surface area (Å²) in [5, 5.41) is 1.52. The van der Waals surface area contributed by atoms with Gasteiger partial charge in [0.05, 0.1) is 28.8 Å². The predicted octanol–water partition coefficient (Wildman–Crippen LogP) is 3.02. The predicted molar refractivity (Wildman–Crippen MR) is 135 cm³/mol. The summed E-state index contributed by atoms with van der Waals surface area (Å²) in [6, 6.07) is 13.1. The van der Waals surface area contributed by atoms with E-state index in [9.17, 15) is 14.4 Å². The zero-order chi connectivity index (χ0) is 24.5. The van der Waals surface area contributed by atoms with Crippen molar-refractivity contribution >= 4 is 51.6 Å². The molecule has 10 heteroatoms. The van der Waals surface area contributed by atoms with Gasteiger partial charge in [-0.25, -0.2) is 0 Å². The first-order valence-corrected chi connectivity index (χ1v) is 12.2. The lowest BCUT2D eigenvalue weighted by atomic mass is 10.0. The molecule has 2 saturated heterocycles. The Kier molecular flexibility index (Phi) is 6.69. The van der Waals surface area contributed by atoms with Crippen LogP contribution in [-0.4, -0.2) is 78.6 Å². The fourth-order valence-corrected chi connectivity index (χ4v) is 4.98. The SMILES string of the molecule is O=C(C1CN(c2ccc(Cl)c(Cl)c2)CCN1C(=O)c1cc(=O)[nH]c2ccccc12)N1CCOCC1. The fraction of sp³-hybridized carbons (Fsp3) is 0.320. The monoisotopic (exact) mass is 514 g/mol. The first-order valence-electron chi connectivity index (χ1n) is 11.4. The number of piperazine rings is 1. The van der Waals surface area contributed by atoms with Crippen LogP contribution in [0.4, 0.5) is 5.69 Å². The summed E-state index contributed by atoms with van der Waals surface area (Å²) in [5.41, 5.74) is 1.33. The first-order chi connectivity index (χ1) is 16.9. The molecular weight excluding hydrogens is 491 g/mol. The number of hydrogen-bond acceptors (Lipinski definition) is 5. The summed E-state index contributed by atoms with van der Waals surface area (Å²) in [7, 11) is 0. The molecule has 2 amide bonds. The number of halogens is 2. The van der Waals surface area contributed by atoms with E-state index in [4.69, 9.17) is 27.9 Å². The number of H-pyrrole nitrogens is 1. The van der Waals surface area contributed by atoms with Crippen LogP contribution in [0, 0.1) is 0 Å². The number of ether oxygens (including phenoxy) is 1. The molecule has 3 heterocycles. The van der Waals surface area contributed by atoms with E-state index in [1.54, 1.807) is 40.1 Å². The summed E-state index contributed by atoms with van der Waals surface area (Å²) < 4.78 is 5.41. The minimum atomic E-state index is -0.734. The number of nitrogens with one attached hydrogen (secondary N) is 1. The molecule has 2 aliphatic heterocycles. The number of para-hydroxylation sites is 1. The lowest BCUT2D eigenvalue weighted by Crippen LogP contribution is -2.62. The van der Waals surface area contributed by atoms with Crippen LogP contribution in [-0.2, 0) is 9.53 Å². The summed E-state index contributed by atoms with van der Waals surface area (Å²) >= 11 is 12.3. The Morgan fingerprint density at radius 3 is 2.49 bits per heavy atom. The van der Waals surface area contributed by atoms with E-state index >= 15 is 0 Å². The van der Waals surface area contributed by atoms with E-state index in [0.717, 1.165) is 5.69 Å². The van der Waals surface area contributed by atoms with E-state index < -0.39 is 6.04 Å². The summed E-state index contributed by atoms with van der Waals surface area (Å²) in [4.78, 5) is 47.9. The van der Waals surface area contributed by atoms with Gasteiger partial charge in [-0.2, -0.15) is 0 Å². The molecule has 0 radical (unpaired) electrons. The van der Waals surface area contributed by atoms with Crippen molar-refractivity contribution in [1.29, 1.82) is 0 Å². The molecule has 35 heavy (non-hydrogen) atoms. The molecular formula is C25H24Cl2N4O4. The number of aromatic amines is 1. The minimum absolute atomic E-state index is 0.138. The second-order valence-corrected chi connectivity index (χ2v) is 9.40. The molecule has 3 aromatic rings. The van der Waals surface area contributed by atoms with Crippen molar-refractivity contribution in [3.63, 3.8) is 0 Å². The molecule has 0 bridgehead atoms. The highest BCUT2D eigenvalue weighted by Gasteiger charge is 2.39. The molecule has 2 fully saturated rings. The number of pyridine rings is 1. The molecule has 1 N–H and O–H groups in total. The van der Waals surface area contributed by atoms with Gasteiger partial charge in [-0.3, -0.25) is 14.4 Å². The number of benzene rings is 2. The van der Waals surface area contributed by atoms with Gasteiger partial charge in [-0.15, -0.1) is 0 Å². The second-order valence-electron chi connectivity index (χ2n) is 8.59. The van der Waals surface area contributed by atoms with Crippen LogP contribution in [0.25, 0.3) is 10.9 Å². The molecule has 1 atom stereocenters. The molecule has 8 nitrogen and oxygen atoms in total. The Labute approximate surface area is 212 Å². The maximum Gasteiger partial charge on any atom is 0.255 e. The number of nitrogens with zero attached hydrogens (tertiary/aromatic N) is 3. The van der Waals surface area contributed by atoms with Gasteiger partial charge in [0.25, 0.3) is 5.91 Å². The summed E-state index contributed by atoms with van der Waals surface area (Å²) in [5.74, 6) is -0.478.